The first-order valence-corrected chi connectivity index (χ1v) is 11.6. The van der Waals surface area contributed by atoms with Crippen LogP contribution in [0, 0.1) is 0 Å². The number of nitrogens with one attached hydrogen (secondary N) is 1. The van der Waals surface area contributed by atoms with Crippen molar-refractivity contribution in [2.24, 2.45) is 4.99 Å². The van der Waals surface area contributed by atoms with Gasteiger partial charge in [-0.3, -0.25) is 19.6 Å². The van der Waals surface area contributed by atoms with Gasteiger partial charge in [-0.25, -0.2) is 0 Å². The van der Waals surface area contributed by atoms with Gasteiger partial charge in [0.25, 0.3) is 0 Å². The molecular formula is C22H45IN6O. The zero-order valence-electron chi connectivity index (χ0n) is 20.1. The summed E-state index contributed by atoms with van der Waals surface area (Å²) in [5, 5.41) is 3.54. The lowest BCUT2D eigenvalue weighted by molar-refractivity contribution is -0.135. The smallest absolute Gasteiger partial charge is 0.239 e. The van der Waals surface area contributed by atoms with E-state index < -0.39 is 0 Å². The minimum atomic E-state index is -0.0109. The Hall–Kier alpha value is -0.610. The Morgan fingerprint density at radius 2 is 1.50 bits per heavy atom. The largest absolute Gasteiger partial charge is 0.356 e. The molecule has 30 heavy (non-hydrogen) atoms. The highest BCUT2D eigenvalue weighted by Gasteiger charge is 2.30. The van der Waals surface area contributed by atoms with Gasteiger partial charge in [0.2, 0.25) is 5.91 Å². The molecular weight excluding hydrogens is 491 g/mol. The third kappa shape index (κ3) is 7.82. The molecule has 2 fully saturated rings. The minimum absolute atomic E-state index is 0. The number of hydrogen-bond donors (Lipinski definition) is 1. The standard InChI is InChI=1S/C22H44N6O.HI/c1-18(2)28(19(3)4)13-9-10-24-22(23-6)27-16-14-25(15-17-27)20(5)21(29)26-11-7-8-12-26;/h18-20H,7-17H2,1-6H3,(H,23,24);1H. The number of amides is 1. The molecule has 0 bridgehead atoms. The first-order valence-electron chi connectivity index (χ1n) is 11.6. The summed E-state index contributed by atoms with van der Waals surface area (Å²) < 4.78 is 0. The first kappa shape index (κ1) is 27.4. The number of guanidine groups is 1. The molecule has 0 aliphatic carbocycles. The maximum atomic E-state index is 12.7. The fourth-order valence-electron chi connectivity index (χ4n) is 4.59. The highest BCUT2D eigenvalue weighted by molar-refractivity contribution is 14.0. The van der Waals surface area contributed by atoms with E-state index >= 15 is 0 Å². The highest BCUT2D eigenvalue weighted by atomic mass is 127. The topological polar surface area (TPSA) is 54.4 Å². The number of hydrogen-bond acceptors (Lipinski definition) is 4. The molecule has 2 saturated heterocycles. The molecule has 0 aromatic rings. The summed E-state index contributed by atoms with van der Waals surface area (Å²) in [7, 11) is 1.86. The number of carbonyl (C=O) groups excluding carboxylic acids is 1. The van der Waals surface area contributed by atoms with Crippen LogP contribution in [-0.2, 0) is 4.79 Å². The maximum absolute atomic E-state index is 12.7. The Morgan fingerprint density at radius 1 is 0.933 bits per heavy atom. The predicted octanol–water partition coefficient (Wildman–Crippen LogP) is 2.32. The van der Waals surface area contributed by atoms with E-state index in [4.69, 9.17) is 0 Å². The molecule has 0 spiro atoms. The number of halogens is 1. The predicted molar refractivity (Wildman–Crippen MR) is 137 cm³/mol. The van der Waals surface area contributed by atoms with Crippen LogP contribution in [0.5, 0.6) is 0 Å². The van der Waals surface area contributed by atoms with Crippen LogP contribution in [0.1, 0.15) is 53.9 Å². The lowest BCUT2D eigenvalue weighted by Crippen LogP contribution is -2.57. The van der Waals surface area contributed by atoms with Crippen molar-refractivity contribution in [3.63, 3.8) is 0 Å². The highest BCUT2D eigenvalue weighted by Crippen LogP contribution is 2.14. The van der Waals surface area contributed by atoms with E-state index in [1.54, 1.807) is 0 Å². The second kappa shape index (κ2) is 13.7. The molecule has 1 N–H and O–H groups in total. The van der Waals surface area contributed by atoms with Gasteiger partial charge in [-0.1, -0.05) is 0 Å². The van der Waals surface area contributed by atoms with Gasteiger partial charge >= 0.3 is 0 Å². The van der Waals surface area contributed by atoms with Crippen molar-refractivity contribution in [1.82, 2.24) is 24.9 Å². The number of likely N-dealkylation sites (tertiary alicyclic amines) is 1. The Balaban J connectivity index is 0.00000450. The number of rotatable bonds is 8. The lowest BCUT2D eigenvalue weighted by Gasteiger charge is -2.39. The molecule has 2 heterocycles. The molecule has 1 unspecified atom stereocenters. The third-order valence-corrected chi connectivity index (χ3v) is 6.35. The van der Waals surface area contributed by atoms with Crippen molar-refractivity contribution in [2.45, 2.75) is 72.0 Å². The summed E-state index contributed by atoms with van der Waals surface area (Å²) in [6, 6.07) is 1.14. The number of aliphatic imine (C=N–C) groups is 1. The van der Waals surface area contributed by atoms with E-state index in [2.05, 4.69) is 59.6 Å². The second-order valence-corrected chi connectivity index (χ2v) is 8.98. The number of nitrogens with zero attached hydrogens (tertiary/aromatic N) is 5. The van der Waals surface area contributed by atoms with E-state index in [9.17, 15) is 4.79 Å². The first-order chi connectivity index (χ1) is 13.8. The van der Waals surface area contributed by atoms with Gasteiger partial charge in [-0.05, 0) is 53.9 Å². The zero-order valence-corrected chi connectivity index (χ0v) is 22.4. The van der Waals surface area contributed by atoms with Crippen molar-refractivity contribution in [3.05, 3.63) is 0 Å². The monoisotopic (exact) mass is 536 g/mol. The van der Waals surface area contributed by atoms with Gasteiger partial charge in [0.1, 0.15) is 0 Å². The summed E-state index contributed by atoms with van der Waals surface area (Å²) in [6.07, 6.45) is 3.41. The Labute approximate surface area is 201 Å². The molecule has 1 atom stereocenters. The Kier molecular flexibility index (Phi) is 12.5. The van der Waals surface area contributed by atoms with E-state index in [0.717, 1.165) is 77.6 Å². The normalized spacial score (nSPS) is 19.6. The lowest BCUT2D eigenvalue weighted by atomic mass is 10.2. The number of piperazine rings is 1. The third-order valence-electron chi connectivity index (χ3n) is 6.35. The summed E-state index contributed by atoms with van der Waals surface area (Å²) in [5.74, 6) is 1.29. The molecule has 0 aromatic carbocycles. The molecule has 0 aromatic heterocycles. The van der Waals surface area contributed by atoms with Gasteiger partial charge < -0.3 is 15.1 Å². The van der Waals surface area contributed by atoms with E-state index in [-0.39, 0.29) is 30.0 Å². The van der Waals surface area contributed by atoms with Crippen LogP contribution < -0.4 is 5.32 Å². The SMILES string of the molecule is CN=C(NCCCN(C(C)C)C(C)C)N1CCN(C(C)C(=O)N2CCCC2)CC1.I. The molecule has 8 heteroatoms. The molecule has 0 radical (unpaired) electrons. The number of carbonyl (C=O) groups is 1. The van der Waals surface area contributed by atoms with Crippen molar-refractivity contribution >= 4 is 35.8 Å². The van der Waals surface area contributed by atoms with E-state index in [1.807, 2.05) is 11.9 Å². The average Bonchev–Trinajstić information content (AvgIpc) is 3.24. The summed E-state index contributed by atoms with van der Waals surface area (Å²) in [6.45, 7) is 18.7. The van der Waals surface area contributed by atoms with Crippen molar-refractivity contribution in [1.29, 1.82) is 0 Å². The molecule has 7 nitrogen and oxygen atoms in total. The molecule has 2 aliphatic rings. The molecule has 0 saturated carbocycles. The Morgan fingerprint density at radius 3 is 2.00 bits per heavy atom. The Bertz CT molecular complexity index is 520. The fourth-order valence-corrected chi connectivity index (χ4v) is 4.59. The van der Waals surface area contributed by atoms with Crippen LogP contribution in [-0.4, -0.2) is 109 Å². The van der Waals surface area contributed by atoms with Crippen molar-refractivity contribution in [2.75, 3.05) is 59.4 Å². The molecule has 2 aliphatic heterocycles. The molecule has 2 rings (SSSR count). The molecule has 1 amide bonds. The maximum Gasteiger partial charge on any atom is 0.239 e. The van der Waals surface area contributed by atoms with Crippen molar-refractivity contribution in [3.8, 4) is 0 Å². The van der Waals surface area contributed by atoms with E-state index in [1.165, 1.54) is 0 Å². The van der Waals surface area contributed by atoms with Crippen LogP contribution in [0.3, 0.4) is 0 Å². The zero-order chi connectivity index (χ0) is 21.4. The summed E-state index contributed by atoms with van der Waals surface area (Å²) in [5.41, 5.74) is 0. The van der Waals surface area contributed by atoms with Gasteiger partial charge in [0.05, 0.1) is 6.04 Å². The van der Waals surface area contributed by atoms with Crippen molar-refractivity contribution < 1.29 is 4.79 Å². The quantitative estimate of drug-likeness (QED) is 0.224. The van der Waals surface area contributed by atoms with E-state index in [0.29, 0.717) is 18.0 Å². The second-order valence-electron chi connectivity index (χ2n) is 8.98. The van der Waals surface area contributed by atoms with Gasteiger partial charge in [-0.15, -0.1) is 24.0 Å². The summed E-state index contributed by atoms with van der Waals surface area (Å²) in [4.78, 5) is 26.4. The van der Waals surface area contributed by atoms with Gasteiger partial charge in [0.15, 0.2) is 5.96 Å². The van der Waals surface area contributed by atoms with Crippen LogP contribution in [0.4, 0.5) is 0 Å². The fraction of sp³-hybridized carbons (Fsp3) is 0.909. The van der Waals surface area contributed by atoms with Crippen LogP contribution in [0.2, 0.25) is 0 Å². The van der Waals surface area contributed by atoms with Gasteiger partial charge in [0, 0.05) is 71.5 Å². The van der Waals surface area contributed by atoms with Crippen LogP contribution in [0.15, 0.2) is 4.99 Å². The average molecular weight is 537 g/mol. The molecule has 176 valence electrons. The van der Waals surface area contributed by atoms with Gasteiger partial charge in [-0.2, -0.15) is 0 Å². The van der Waals surface area contributed by atoms with Crippen LogP contribution >= 0.6 is 24.0 Å². The minimum Gasteiger partial charge on any atom is -0.356 e. The summed E-state index contributed by atoms with van der Waals surface area (Å²) >= 11 is 0. The van der Waals surface area contributed by atoms with Crippen LogP contribution in [0.25, 0.3) is 0 Å².